The first kappa shape index (κ1) is 27.0. The molecule has 1 atom stereocenters. The summed E-state index contributed by atoms with van der Waals surface area (Å²) >= 11 is 0. The Labute approximate surface area is 232 Å². The zero-order valence-corrected chi connectivity index (χ0v) is 22.5. The fourth-order valence-corrected chi connectivity index (χ4v) is 5.75. The number of ether oxygens (including phenoxy) is 2. The Morgan fingerprint density at radius 2 is 1.38 bits per heavy atom. The van der Waals surface area contributed by atoms with E-state index in [0.29, 0.717) is 5.56 Å². The summed E-state index contributed by atoms with van der Waals surface area (Å²) in [5.74, 6) is -0.637. The van der Waals surface area contributed by atoms with Gasteiger partial charge >= 0.3 is 22.2 Å². The third kappa shape index (κ3) is 5.84. The Balaban J connectivity index is 1.22. The third-order valence-corrected chi connectivity index (χ3v) is 7.98. The lowest BCUT2D eigenvalue weighted by molar-refractivity contribution is -0.143. The average Bonchev–Trinajstić information content (AvgIpc) is 3.30. The number of benzene rings is 4. The fourth-order valence-electron chi connectivity index (χ4n) is 4.80. The highest BCUT2D eigenvalue weighted by atomic mass is 32.2. The van der Waals surface area contributed by atoms with E-state index in [9.17, 15) is 18.0 Å². The Kier molecular flexibility index (Phi) is 7.84. The van der Waals surface area contributed by atoms with Crippen molar-refractivity contribution in [1.29, 1.82) is 0 Å². The highest BCUT2D eigenvalue weighted by Crippen LogP contribution is 2.44. The normalized spacial score (nSPS) is 13.0. The number of amides is 1. The number of alkyl carbamates (subject to hydrolysis) is 1. The molecule has 8 nitrogen and oxygen atoms in total. The minimum Gasteiger partial charge on any atom is -0.467 e. The average molecular weight is 558 g/mol. The van der Waals surface area contributed by atoms with Gasteiger partial charge in [0.25, 0.3) is 0 Å². The molecule has 0 saturated heterocycles. The fraction of sp³-hybridized carbons (Fsp3) is 0.161. The van der Waals surface area contributed by atoms with Crippen molar-refractivity contribution in [2.75, 3.05) is 13.7 Å². The van der Waals surface area contributed by atoms with E-state index in [1.807, 2.05) is 36.4 Å². The van der Waals surface area contributed by atoms with Gasteiger partial charge in [0.05, 0.1) is 7.11 Å². The summed E-state index contributed by atoms with van der Waals surface area (Å²) in [7, 11) is -2.74. The van der Waals surface area contributed by atoms with Gasteiger partial charge in [-0.05, 0) is 52.1 Å². The summed E-state index contributed by atoms with van der Waals surface area (Å²) in [6.07, 6.45) is -0.645. The van der Waals surface area contributed by atoms with Crippen LogP contribution in [0.15, 0.2) is 108 Å². The summed E-state index contributed by atoms with van der Waals surface area (Å²) < 4.78 is 40.6. The standard InChI is InChI=1S/C31H27NO7S/c1-37-30(33)29(19-21-15-17-22(18-16-21)39-40(35,36)23-9-3-2-4-10-23)32-31(34)38-20-28-26-13-7-5-11-24(26)25-12-6-8-14-27(25)28/h2-18,28-29H,19-20H2,1H3,(H,32,34)/t29-/m0/s1. The first-order chi connectivity index (χ1) is 19.4. The second-order valence-corrected chi connectivity index (χ2v) is 10.8. The number of hydrogen-bond acceptors (Lipinski definition) is 7. The molecule has 40 heavy (non-hydrogen) atoms. The quantitative estimate of drug-likeness (QED) is 0.226. The molecule has 0 radical (unpaired) electrons. The van der Waals surface area contributed by atoms with Crippen molar-refractivity contribution in [2.24, 2.45) is 0 Å². The van der Waals surface area contributed by atoms with Crippen molar-refractivity contribution in [3.05, 3.63) is 120 Å². The maximum Gasteiger partial charge on any atom is 0.407 e. The SMILES string of the molecule is COC(=O)[C@H](Cc1ccc(OS(=O)(=O)c2ccccc2)cc1)NC(=O)OCC1c2ccccc2-c2ccccc21. The molecule has 1 N–H and O–H groups in total. The van der Waals surface area contributed by atoms with Crippen LogP contribution in [0.4, 0.5) is 4.79 Å². The minimum absolute atomic E-state index is 0.0390. The van der Waals surface area contributed by atoms with Crippen molar-refractivity contribution < 1.29 is 31.7 Å². The first-order valence-corrected chi connectivity index (χ1v) is 14.0. The van der Waals surface area contributed by atoms with Gasteiger partial charge < -0.3 is 19.0 Å². The number of methoxy groups -OCH3 is 1. The Morgan fingerprint density at radius 1 is 0.800 bits per heavy atom. The Hall–Kier alpha value is -4.63. The van der Waals surface area contributed by atoms with E-state index in [2.05, 4.69) is 17.4 Å². The van der Waals surface area contributed by atoms with Crippen LogP contribution in [0.2, 0.25) is 0 Å². The molecule has 0 heterocycles. The molecule has 0 unspecified atom stereocenters. The molecule has 0 spiro atoms. The summed E-state index contributed by atoms with van der Waals surface area (Å²) in [5, 5.41) is 2.60. The Bertz CT molecular complexity index is 1570. The molecule has 0 aromatic heterocycles. The zero-order valence-electron chi connectivity index (χ0n) is 21.6. The molecule has 1 aliphatic rings. The van der Waals surface area contributed by atoms with E-state index in [0.717, 1.165) is 22.3 Å². The monoisotopic (exact) mass is 557 g/mol. The summed E-state index contributed by atoms with van der Waals surface area (Å²) in [5.41, 5.74) is 5.04. The lowest BCUT2D eigenvalue weighted by atomic mass is 9.98. The molecule has 9 heteroatoms. The van der Waals surface area contributed by atoms with E-state index in [-0.39, 0.29) is 29.6 Å². The second kappa shape index (κ2) is 11.6. The summed E-state index contributed by atoms with van der Waals surface area (Å²) in [6.45, 7) is 0.107. The number of fused-ring (bicyclic) bond motifs is 3. The third-order valence-electron chi connectivity index (χ3n) is 6.72. The van der Waals surface area contributed by atoms with E-state index in [4.69, 9.17) is 13.7 Å². The molecule has 0 aliphatic heterocycles. The molecule has 0 bridgehead atoms. The number of carbonyl (C=O) groups is 2. The van der Waals surface area contributed by atoms with Crippen LogP contribution >= 0.6 is 0 Å². The summed E-state index contributed by atoms with van der Waals surface area (Å²) in [6, 6.07) is 29.0. The number of esters is 1. The van der Waals surface area contributed by atoms with E-state index in [1.54, 1.807) is 30.3 Å². The van der Waals surface area contributed by atoms with Crippen LogP contribution in [-0.4, -0.2) is 40.2 Å². The van der Waals surface area contributed by atoms with Gasteiger partial charge in [0.15, 0.2) is 0 Å². The second-order valence-electron chi connectivity index (χ2n) is 9.24. The van der Waals surface area contributed by atoms with Crippen LogP contribution in [0.3, 0.4) is 0 Å². The van der Waals surface area contributed by atoms with E-state index in [1.165, 1.54) is 31.4 Å². The van der Waals surface area contributed by atoms with E-state index >= 15 is 0 Å². The molecule has 204 valence electrons. The van der Waals surface area contributed by atoms with Crippen LogP contribution < -0.4 is 9.50 Å². The highest BCUT2D eigenvalue weighted by Gasteiger charge is 2.30. The highest BCUT2D eigenvalue weighted by molar-refractivity contribution is 7.87. The lowest BCUT2D eigenvalue weighted by Crippen LogP contribution is -2.43. The van der Waals surface area contributed by atoms with Gasteiger partial charge in [-0.3, -0.25) is 0 Å². The summed E-state index contributed by atoms with van der Waals surface area (Å²) in [4.78, 5) is 25.3. The molecular weight excluding hydrogens is 530 g/mol. The number of carbonyl (C=O) groups excluding carboxylic acids is 2. The van der Waals surface area contributed by atoms with Gasteiger partial charge in [0.2, 0.25) is 0 Å². The predicted octanol–water partition coefficient (Wildman–Crippen LogP) is 5.08. The van der Waals surface area contributed by atoms with Gasteiger partial charge in [-0.25, -0.2) is 9.59 Å². The molecule has 1 amide bonds. The molecular formula is C31H27NO7S. The van der Waals surface area contributed by atoms with Crippen LogP contribution in [0.5, 0.6) is 5.75 Å². The van der Waals surface area contributed by atoms with Crippen molar-refractivity contribution in [3.63, 3.8) is 0 Å². The van der Waals surface area contributed by atoms with Crippen molar-refractivity contribution in [2.45, 2.75) is 23.3 Å². The van der Waals surface area contributed by atoms with Crippen molar-refractivity contribution >= 4 is 22.2 Å². The topological polar surface area (TPSA) is 108 Å². The lowest BCUT2D eigenvalue weighted by Gasteiger charge is -2.19. The van der Waals surface area contributed by atoms with Crippen LogP contribution in [-0.2, 0) is 30.8 Å². The number of nitrogens with one attached hydrogen (secondary N) is 1. The molecule has 1 aliphatic carbocycles. The zero-order chi connectivity index (χ0) is 28.1. The van der Waals surface area contributed by atoms with Gasteiger partial charge in [-0.15, -0.1) is 0 Å². The minimum atomic E-state index is -3.98. The van der Waals surface area contributed by atoms with Gasteiger partial charge in [-0.1, -0.05) is 78.9 Å². The van der Waals surface area contributed by atoms with Crippen LogP contribution in [0.25, 0.3) is 11.1 Å². The van der Waals surface area contributed by atoms with Gasteiger partial charge in [0.1, 0.15) is 23.3 Å². The number of rotatable bonds is 9. The molecule has 0 fully saturated rings. The molecule has 0 saturated carbocycles. The van der Waals surface area contributed by atoms with Crippen molar-refractivity contribution in [1.82, 2.24) is 5.32 Å². The van der Waals surface area contributed by atoms with Crippen molar-refractivity contribution in [3.8, 4) is 16.9 Å². The van der Waals surface area contributed by atoms with Crippen LogP contribution in [0, 0.1) is 0 Å². The smallest absolute Gasteiger partial charge is 0.407 e. The predicted molar refractivity (Wildman–Crippen MR) is 148 cm³/mol. The largest absolute Gasteiger partial charge is 0.467 e. The number of hydrogen-bond donors (Lipinski definition) is 1. The molecule has 4 aromatic rings. The van der Waals surface area contributed by atoms with Gasteiger partial charge in [0, 0.05) is 12.3 Å². The Morgan fingerprint density at radius 3 is 1.98 bits per heavy atom. The molecule has 5 rings (SSSR count). The molecule has 4 aromatic carbocycles. The van der Waals surface area contributed by atoms with E-state index < -0.39 is 28.2 Å². The maximum atomic E-state index is 12.8. The van der Waals surface area contributed by atoms with Crippen LogP contribution in [0.1, 0.15) is 22.6 Å². The maximum absolute atomic E-state index is 12.8. The van der Waals surface area contributed by atoms with Gasteiger partial charge in [-0.2, -0.15) is 8.42 Å². The first-order valence-electron chi connectivity index (χ1n) is 12.6.